The fraction of sp³-hybridized carbons (Fsp3) is 0.0189. The first-order valence-corrected chi connectivity index (χ1v) is 19.1. The SMILES string of the molecule is c1ccc(-c2nc(-c3ccc(-c4ccc5c(c4)C4(c6ccccc6-c6ccccc64)c4oc6ccccc6c4-5)cc3)cc(-c3ccc4ccccc4c3)n2)cc1. The molecule has 0 saturated heterocycles. The molecule has 0 N–H and O–H groups in total. The zero-order valence-corrected chi connectivity index (χ0v) is 30.3. The van der Waals surface area contributed by atoms with Crippen LogP contribution in [0.4, 0.5) is 0 Å². The molecule has 3 nitrogen and oxygen atoms in total. The molecule has 0 radical (unpaired) electrons. The Morgan fingerprint density at radius 3 is 1.77 bits per heavy atom. The van der Waals surface area contributed by atoms with Crippen LogP contribution in [0.3, 0.4) is 0 Å². The largest absolute Gasteiger partial charge is 0.459 e. The van der Waals surface area contributed by atoms with Gasteiger partial charge in [0.15, 0.2) is 5.82 Å². The molecule has 0 amide bonds. The van der Waals surface area contributed by atoms with E-state index in [0.717, 1.165) is 55.9 Å². The minimum atomic E-state index is -0.555. The summed E-state index contributed by atoms with van der Waals surface area (Å²) in [5, 5.41) is 3.55. The van der Waals surface area contributed by atoms with Crippen LogP contribution in [0.25, 0.3) is 89.0 Å². The molecule has 12 rings (SSSR count). The van der Waals surface area contributed by atoms with E-state index >= 15 is 0 Å². The first kappa shape index (κ1) is 31.0. The minimum Gasteiger partial charge on any atom is -0.459 e. The first-order valence-electron chi connectivity index (χ1n) is 19.1. The highest BCUT2D eigenvalue weighted by Crippen LogP contribution is 2.64. The predicted octanol–water partition coefficient (Wildman–Crippen LogP) is 13.4. The number of benzene rings is 8. The van der Waals surface area contributed by atoms with Gasteiger partial charge in [-0.15, -0.1) is 0 Å². The van der Waals surface area contributed by atoms with E-state index in [-0.39, 0.29) is 0 Å². The molecule has 2 aromatic heterocycles. The lowest BCUT2D eigenvalue weighted by atomic mass is 9.72. The minimum absolute atomic E-state index is 0.555. The number of hydrogen-bond acceptors (Lipinski definition) is 3. The number of hydrogen-bond donors (Lipinski definition) is 0. The Balaban J connectivity index is 1.00. The van der Waals surface area contributed by atoms with Crippen LogP contribution in [0.5, 0.6) is 0 Å². The molecule has 3 heteroatoms. The second-order valence-electron chi connectivity index (χ2n) is 14.9. The van der Waals surface area contributed by atoms with Crippen LogP contribution in [0.1, 0.15) is 22.5 Å². The van der Waals surface area contributed by atoms with E-state index in [0.29, 0.717) is 5.82 Å². The van der Waals surface area contributed by atoms with Gasteiger partial charge >= 0.3 is 0 Å². The summed E-state index contributed by atoms with van der Waals surface area (Å²) < 4.78 is 6.95. The molecule has 2 aliphatic carbocycles. The molecule has 0 atom stereocenters. The van der Waals surface area contributed by atoms with Gasteiger partial charge in [0.2, 0.25) is 0 Å². The number of nitrogens with zero attached hydrogens (tertiary/aromatic N) is 2. The number of rotatable bonds is 4. The molecule has 8 aromatic carbocycles. The fourth-order valence-electron chi connectivity index (χ4n) is 9.36. The summed E-state index contributed by atoms with van der Waals surface area (Å²) in [6.45, 7) is 0. The molecule has 0 fully saturated rings. The third-order valence-corrected chi connectivity index (χ3v) is 11.9. The summed E-state index contributed by atoms with van der Waals surface area (Å²) in [7, 11) is 0. The molecule has 56 heavy (non-hydrogen) atoms. The molecule has 1 spiro atoms. The summed E-state index contributed by atoms with van der Waals surface area (Å²) in [5.41, 5.74) is 16.3. The van der Waals surface area contributed by atoms with Crippen molar-refractivity contribution < 1.29 is 4.42 Å². The van der Waals surface area contributed by atoms with Crippen molar-refractivity contribution >= 4 is 21.7 Å². The zero-order valence-electron chi connectivity index (χ0n) is 30.3. The van der Waals surface area contributed by atoms with Crippen molar-refractivity contribution in [1.29, 1.82) is 0 Å². The van der Waals surface area contributed by atoms with Gasteiger partial charge in [-0.05, 0) is 79.5 Å². The van der Waals surface area contributed by atoms with Crippen molar-refractivity contribution in [3.63, 3.8) is 0 Å². The van der Waals surface area contributed by atoms with Gasteiger partial charge in [0, 0.05) is 27.6 Å². The van der Waals surface area contributed by atoms with Crippen molar-refractivity contribution in [2.45, 2.75) is 5.41 Å². The molecule has 0 unspecified atom stereocenters. The summed E-state index contributed by atoms with van der Waals surface area (Å²) >= 11 is 0. The van der Waals surface area contributed by atoms with Crippen LogP contribution in [-0.2, 0) is 5.41 Å². The van der Waals surface area contributed by atoms with E-state index in [9.17, 15) is 0 Å². The Hall–Kier alpha value is -7.36. The fourth-order valence-corrected chi connectivity index (χ4v) is 9.36. The molecular formula is C53H32N2O. The van der Waals surface area contributed by atoms with Crippen molar-refractivity contribution in [2.24, 2.45) is 0 Å². The van der Waals surface area contributed by atoms with Gasteiger partial charge in [0.1, 0.15) is 16.8 Å². The van der Waals surface area contributed by atoms with Gasteiger partial charge in [-0.25, -0.2) is 9.97 Å². The lowest BCUT2D eigenvalue weighted by molar-refractivity contribution is 0.507. The second kappa shape index (κ2) is 11.8. The van der Waals surface area contributed by atoms with E-state index < -0.39 is 5.41 Å². The van der Waals surface area contributed by atoms with Crippen LogP contribution >= 0.6 is 0 Å². The average Bonchev–Trinajstić information content (AvgIpc) is 3.90. The lowest BCUT2D eigenvalue weighted by Crippen LogP contribution is -2.25. The van der Waals surface area contributed by atoms with E-state index in [4.69, 9.17) is 14.4 Å². The van der Waals surface area contributed by atoms with Gasteiger partial charge in [0.25, 0.3) is 0 Å². The summed E-state index contributed by atoms with van der Waals surface area (Å²) in [6.07, 6.45) is 0. The molecule has 260 valence electrons. The molecule has 0 bridgehead atoms. The Labute approximate surface area is 324 Å². The maximum atomic E-state index is 6.95. The average molecular weight is 713 g/mol. The Morgan fingerprint density at radius 1 is 0.375 bits per heavy atom. The maximum absolute atomic E-state index is 6.95. The lowest BCUT2D eigenvalue weighted by Gasteiger charge is -2.28. The Bertz CT molecular complexity index is 3150. The smallest absolute Gasteiger partial charge is 0.160 e. The van der Waals surface area contributed by atoms with Crippen molar-refractivity contribution in [3.8, 4) is 67.3 Å². The van der Waals surface area contributed by atoms with Gasteiger partial charge in [0.05, 0.1) is 11.4 Å². The Morgan fingerprint density at radius 2 is 0.982 bits per heavy atom. The molecule has 2 aliphatic rings. The van der Waals surface area contributed by atoms with E-state index in [1.165, 1.54) is 49.7 Å². The number of fused-ring (bicyclic) bond motifs is 13. The number of furan rings is 1. The highest BCUT2D eigenvalue weighted by Gasteiger charge is 2.55. The first-order chi connectivity index (χ1) is 27.7. The normalized spacial score (nSPS) is 13.1. The van der Waals surface area contributed by atoms with Crippen LogP contribution in [0.15, 0.2) is 199 Å². The highest BCUT2D eigenvalue weighted by molar-refractivity contribution is 6.05. The molecule has 0 saturated carbocycles. The van der Waals surface area contributed by atoms with Crippen LogP contribution in [0, 0.1) is 0 Å². The maximum Gasteiger partial charge on any atom is 0.160 e. The van der Waals surface area contributed by atoms with E-state index in [1.54, 1.807) is 0 Å². The van der Waals surface area contributed by atoms with Gasteiger partial charge < -0.3 is 4.42 Å². The number of para-hydroxylation sites is 1. The molecular weight excluding hydrogens is 681 g/mol. The van der Waals surface area contributed by atoms with Crippen LogP contribution in [-0.4, -0.2) is 9.97 Å². The second-order valence-corrected chi connectivity index (χ2v) is 14.9. The quantitative estimate of drug-likeness (QED) is 0.182. The topological polar surface area (TPSA) is 38.9 Å². The van der Waals surface area contributed by atoms with Crippen molar-refractivity contribution in [3.05, 3.63) is 217 Å². The van der Waals surface area contributed by atoms with Gasteiger partial charge in [-0.3, -0.25) is 0 Å². The third kappa shape index (κ3) is 4.40. The number of aromatic nitrogens is 2. The summed E-state index contributed by atoms with van der Waals surface area (Å²) in [6, 6.07) is 69.3. The molecule has 10 aromatic rings. The third-order valence-electron chi connectivity index (χ3n) is 11.9. The van der Waals surface area contributed by atoms with Crippen LogP contribution < -0.4 is 0 Å². The summed E-state index contributed by atoms with van der Waals surface area (Å²) in [4.78, 5) is 10.2. The predicted molar refractivity (Wildman–Crippen MR) is 227 cm³/mol. The monoisotopic (exact) mass is 712 g/mol. The van der Waals surface area contributed by atoms with E-state index in [1.807, 2.05) is 18.2 Å². The standard InChI is InChI=1S/C53H32N2O/c1-2-13-36(14-3-1)52-54-47(32-48(55-52)39-27-24-33-12-4-5-15-37(33)30-39)35-25-22-34(23-26-35)38-28-29-42-46(31-38)53(51-50(42)43-18-8-11-21-49(43)56-51)44-19-9-6-16-40(44)41-17-7-10-20-45(41)53/h1-32H. The highest BCUT2D eigenvalue weighted by atomic mass is 16.3. The summed E-state index contributed by atoms with van der Waals surface area (Å²) in [5.74, 6) is 1.72. The molecule has 2 heterocycles. The van der Waals surface area contributed by atoms with Crippen molar-refractivity contribution in [2.75, 3.05) is 0 Å². The molecule has 0 aliphatic heterocycles. The van der Waals surface area contributed by atoms with Gasteiger partial charge in [-0.2, -0.15) is 0 Å². The van der Waals surface area contributed by atoms with Crippen LogP contribution in [0.2, 0.25) is 0 Å². The van der Waals surface area contributed by atoms with E-state index in [2.05, 4.69) is 176 Å². The Kier molecular flexibility index (Phi) is 6.55. The zero-order chi connectivity index (χ0) is 36.8. The van der Waals surface area contributed by atoms with Gasteiger partial charge in [-0.1, -0.05) is 170 Å². The van der Waals surface area contributed by atoms with Crippen molar-refractivity contribution in [1.82, 2.24) is 9.97 Å².